The highest BCUT2D eigenvalue weighted by Crippen LogP contribution is 2.21. The van der Waals surface area contributed by atoms with Crippen molar-refractivity contribution >= 4 is 5.97 Å². The summed E-state index contributed by atoms with van der Waals surface area (Å²) in [6, 6.07) is 0.476. The lowest BCUT2D eigenvalue weighted by molar-refractivity contribution is -0.160. The minimum atomic E-state index is -0.830. The molecular formula is C9H15NO3. The van der Waals surface area contributed by atoms with Gasteiger partial charge in [0.25, 0.3) is 0 Å². The van der Waals surface area contributed by atoms with Gasteiger partial charge < -0.3 is 9.84 Å². The maximum absolute atomic E-state index is 10.7. The molecule has 1 N–H and O–H groups in total. The first kappa shape index (κ1) is 8.97. The maximum Gasteiger partial charge on any atom is 0.334 e. The van der Waals surface area contributed by atoms with Crippen molar-refractivity contribution in [1.82, 2.24) is 4.90 Å². The van der Waals surface area contributed by atoms with Crippen molar-refractivity contribution in [3.8, 4) is 0 Å². The summed E-state index contributed by atoms with van der Waals surface area (Å²) in [5.74, 6) is -0.830. The summed E-state index contributed by atoms with van der Waals surface area (Å²) in [5, 5.41) is 8.78. The van der Waals surface area contributed by atoms with Gasteiger partial charge in [-0.15, -0.1) is 0 Å². The van der Waals surface area contributed by atoms with Gasteiger partial charge in [0.2, 0.25) is 0 Å². The highest BCUT2D eigenvalue weighted by molar-refractivity contribution is 5.72. The van der Waals surface area contributed by atoms with Crippen LogP contribution in [0.2, 0.25) is 0 Å². The molecule has 0 saturated carbocycles. The lowest BCUT2D eigenvalue weighted by atomic mass is 10.0. The van der Waals surface area contributed by atoms with Crippen LogP contribution in [0.3, 0.4) is 0 Å². The van der Waals surface area contributed by atoms with E-state index in [1.54, 1.807) is 0 Å². The summed E-state index contributed by atoms with van der Waals surface area (Å²) >= 11 is 0. The molecule has 0 aromatic carbocycles. The molecule has 2 fully saturated rings. The minimum absolute atomic E-state index is 0.476. The molecule has 0 spiro atoms. The molecule has 0 bridgehead atoms. The average Bonchev–Trinajstić information content (AvgIpc) is 2.17. The van der Waals surface area contributed by atoms with Crippen molar-refractivity contribution < 1.29 is 14.6 Å². The zero-order chi connectivity index (χ0) is 9.26. The second-order valence-electron chi connectivity index (χ2n) is 3.80. The highest BCUT2D eigenvalue weighted by Gasteiger charge is 2.33. The number of aliphatic carboxylic acids is 1. The smallest absolute Gasteiger partial charge is 0.334 e. The molecule has 2 unspecified atom stereocenters. The van der Waals surface area contributed by atoms with Crippen molar-refractivity contribution in [2.75, 3.05) is 19.7 Å². The number of hydrogen-bond donors (Lipinski definition) is 1. The van der Waals surface area contributed by atoms with Crippen LogP contribution in [0.4, 0.5) is 0 Å². The van der Waals surface area contributed by atoms with Gasteiger partial charge in [-0.25, -0.2) is 4.79 Å². The third-order valence-electron chi connectivity index (χ3n) is 2.91. The van der Waals surface area contributed by atoms with Crippen molar-refractivity contribution in [2.24, 2.45) is 0 Å². The van der Waals surface area contributed by atoms with Crippen LogP contribution in [0.5, 0.6) is 0 Å². The monoisotopic (exact) mass is 185 g/mol. The third kappa shape index (κ3) is 1.84. The van der Waals surface area contributed by atoms with Crippen molar-refractivity contribution in [3.63, 3.8) is 0 Å². The molecule has 2 heterocycles. The average molecular weight is 185 g/mol. The SMILES string of the molecule is O=C(O)C1CN2CCCCC2CO1. The van der Waals surface area contributed by atoms with E-state index < -0.39 is 12.1 Å². The Balaban J connectivity index is 1.95. The van der Waals surface area contributed by atoms with E-state index in [0.717, 1.165) is 13.0 Å². The van der Waals surface area contributed by atoms with Gasteiger partial charge in [0, 0.05) is 12.6 Å². The molecule has 0 aromatic rings. The Hall–Kier alpha value is -0.610. The largest absolute Gasteiger partial charge is 0.479 e. The van der Waals surface area contributed by atoms with E-state index in [4.69, 9.17) is 9.84 Å². The molecule has 2 saturated heterocycles. The zero-order valence-corrected chi connectivity index (χ0v) is 7.61. The van der Waals surface area contributed by atoms with Gasteiger partial charge in [0.1, 0.15) is 0 Å². The van der Waals surface area contributed by atoms with Crippen molar-refractivity contribution in [1.29, 1.82) is 0 Å². The molecular weight excluding hydrogens is 170 g/mol. The number of rotatable bonds is 1. The second kappa shape index (κ2) is 3.64. The lowest BCUT2D eigenvalue weighted by Crippen LogP contribution is -2.53. The van der Waals surface area contributed by atoms with Crippen LogP contribution in [0.25, 0.3) is 0 Å². The number of morpholine rings is 1. The Bertz CT molecular complexity index is 207. The molecule has 0 aromatic heterocycles. The van der Waals surface area contributed by atoms with Crippen LogP contribution in [-0.2, 0) is 9.53 Å². The summed E-state index contributed by atoms with van der Waals surface area (Å²) in [6.07, 6.45) is 3.01. The summed E-state index contributed by atoms with van der Waals surface area (Å²) in [6.45, 7) is 2.20. The Kier molecular flexibility index (Phi) is 2.51. The van der Waals surface area contributed by atoms with Crippen LogP contribution >= 0.6 is 0 Å². The predicted molar refractivity (Wildman–Crippen MR) is 46.6 cm³/mol. The standard InChI is InChI=1S/C9H15NO3/c11-9(12)8-5-10-4-2-1-3-7(10)6-13-8/h7-8H,1-6H2,(H,11,12). The van der Waals surface area contributed by atoms with E-state index in [1.807, 2.05) is 0 Å². The molecule has 2 aliphatic heterocycles. The molecule has 13 heavy (non-hydrogen) atoms. The van der Waals surface area contributed by atoms with Crippen molar-refractivity contribution in [3.05, 3.63) is 0 Å². The summed E-state index contributed by atoms with van der Waals surface area (Å²) < 4.78 is 5.27. The number of nitrogens with zero attached hydrogens (tertiary/aromatic N) is 1. The first-order chi connectivity index (χ1) is 6.27. The molecule has 0 aliphatic carbocycles. The Morgan fingerprint density at radius 3 is 3.08 bits per heavy atom. The van der Waals surface area contributed by atoms with E-state index in [9.17, 15) is 4.79 Å². The fourth-order valence-electron chi connectivity index (χ4n) is 2.13. The van der Waals surface area contributed by atoms with Gasteiger partial charge >= 0.3 is 5.97 Å². The number of fused-ring (bicyclic) bond motifs is 1. The van der Waals surface area contributed by atoms with Crippen molar-refractivity contribution in [2.45, 2.75) is 31.4 Å². The normalized spacial score (nSPS) is 35.4. The van der Waals surface area contributed by atoms with Crippen LogP contribution in [0.1, 0.15) is 19.3 Å². The molecule has 74 valence electrons. The van der Waals surface area contributed by atoms with Crippen LogP contribution in [-0.4, -0.2) is 47.8 Å². The highest BCUT2D eigenvalue weighted by atomic mass is 16.5. The van der Waals surface area contributed by atoms with E-state index in [-0.39, 0.29) is 0 Å². The Morgan fingerprint density at radius 2 is 2.31 bits per heavy atom. The quantitative estimate of drug-likeness (QED) is 0.639. The molecule has 2 aliphatic rings. The Morgan fingerprint density at radius 1 is 1.46 bits per heavy atom. The van der Waals surface area contributed by atoms with Crippen LogP contribution in [0.15, 0.2) is 0 Å². The lowest BCUT2D eigenvalue weighted by Gasteiger charge is -2.41. The number of ether oxygens (including phenoxy) is 1. The van der Waals surface area contributed by atoms with E-state index >= 15 is 0 Å². The summed E-state index contributed by atoms with van der Waals surface area (Å²) in [5.41, 5.74) is 0. The van der Waals surface area contributed by atoms with E-state index in [1.165, 1.54) is 12.8 Å². The molecule has 0 amide bonds. The number of carboxylic acid groups (broad SMARTS) is 1. The number of piperidine rings is 1. The van der Waals surface area contributed by atoms with Gasteiger partial charge in [0.15, 0.2) is 6.10 Å². The van der Waals surface area contributed by atoms with Gasteiger partial charge in [0.05, 0.1) is 6.61 Å². The molecule has 2 rings (SSSR count). The molecule has 4 heteroatoms. The van der Waals surface area contributed by atoms with Crippen LogP contribution < -0.4 is 0 Å². The second-order valence-corrected chi connectivity index (χ2v) is 3.80. The van der Waals surface area contributed by atoms with Gasteiger partial charge in [-0.3, -0.25) is 4.90 Å². The third-order valence-corrected chi connectivity index (χ3v) is 2.91. The fraction of sp³-hybridized carbons (Fsp3) is 0.889. The fourth-order valence-corrected chi connectivity index (χ4v) is 2.13. The predicted octanol–water partition coefficient (Wildman–Crippen LogP) is 0.324. The van der Waals surface area contributed by atoms with Gasteiger partial charge in [-0.1, -0.05) is 6.42 Å². The first-order valence-electron chi connectivity index (χ1n) is 4.86. The van der Waals surface area contributed by atoms with Gasteiger partial charge in [-0.05, 0) is 19.4 Å². The van der Waals surface area contributed by atoms with Crippen LogP contribution in [0, 0.1) is 0 Å². The Labute approximate surface area is 77.5 Å². The minimum Gasteiger partial charge on any atom is -0.479 e. The number of hydrogen-bond acceptors (Lipinski definition) is 3. The molecule has 4 nitrogen and oxygen atoms in total. The maximum atomic E-state index is 10.7. The van der Waals surface area contributed by atoms with E-state index in [0.29, 0.717) is 19.2 Å². The van der Waals surface area contributed by atoms with E-state index in [2.05, 4.69) is 4.90 Å². The first-order valence-corrected chi connectivity index (χ1v) is 4.86. The topological polar surface area (TPSA) is 49.8 Å². The number of carboxylic acids is 1. The summed E-state index contributed by atoms with van der Waals surface area (Å²) in [7, 11) is 0. The number of carbonyl (C=O) groups is 1. The molecule has 2 atom stereocenters. The summed E-state index contributed by atoms with van der Waals surface area (Å²) in [4.78, 5) is 12.9. The molecule has 0 radical (unpaired) electrons. The zero-order valence-electron chi connectivity index (χ0n) is 7.61. The van der Waals surface area contributed by atoms with Gasteiger partial charge in [-0.2, -0.15) is 0 Å².